The van der Waals surface area contributed by atoms with Gasteiger partial charge in [-0.1, -0.05) is 176 Å². The van der Waals surface area contributed by atoms with Crippen LogP contribution >= 0.6 is 0 Å². The van der Waals surface area contributed by atoms with Crippen LogP contribution in [0.5, 0.6) is 0 Å². The summed E-state index contributed by atoms with van der Waals surface area (Å²) in [5.41, 5.74) is 14.0. The van der Waals surface area contributed by atoms with E-state index < -0.39 is 8.07 Å². The molecule has 0 saturated carbocycles. The van der Waals surface area contributed by atoms with Crippen LogP contribution in [0.3, 0.4) is 0 Å². The molecule has 1 aliphatic rings. The zero-order chi connectivity index (χ0) is 49.9. The predicted octanol–water partition coefficient (Wildman–Crippen LogP) is 16.8. The monoisotopic (exact) mass is 988 g/mol. The Labute approximate surface area is 438 Å². The minimum absolute atomic E-state index is 0.854. The third-order valence-electron chi connectivity index (χ3n) is 15.9. The second-order valence-corrected chi connectivity index (χ2v) is 23.7. The van der Waals surface area contributed by atoms with Crippen molar-refractivity contribution in [2.45, 2.75) is 0 Å². The van der Waals surface area contributed by atoms with E-state index in [9.17, 15) is 0 Å². The van der Waals surface area contributed by atoms with Crippen molar-refractivity contribution in [2.75, 3.05) is 9.80 Å². The predicted molar refractivity (Wildman–Crippen MR) is 318 cm³/mol. The molecule has 0 atom stereocenters. The first-order valence-electron chi connectivity index (χ1n) is 25.9. The largest absolute Gasteiger partial charge is 0.456 e. The molecule has 0 N–H and O–H groups in total. The van der Waals surface area contributed by atoms with Gasteiger partial charge in [0.25, 0.3) is 0 Å². The molecule has 15 aromatic rings. The molecule has 4 heterocycles. The number of hydrogen-bond acceptors (Lipinski definition) is 5. The molecule has 16 rings (SSSR count). The van der Waals surface area contributed by atoms with E-state index in [0.717, 1.165) is 106 Å². The molecule has 356 valence electrons. The lowest BCUT2D eigenvalue weighted by molar-refractivity contribution is 0.668. The Morgan fingerprint density at radius 3 is 1.50 bits per heavy atom. The number of rotatable bonds is 7. The van der Waals surface area contributed by atoms with Crippen LogP contribution in [0.1, 0.15) is 0 Å². The van der Waals surface area contributed by atoms with Crippen molar-refractivity contribution in [3.05, 3.63) is 267 Å². The van der Waals surface area contributed by atoms with E-state index in [-0.39, 0.29) is 0 Å². The number of benzene rings is 12. The fraction of sp³-hybridized carbons (Fsp3) is 0. The molecule has 5 nitrogen and oxygen atoms in total. The Bertz CT molecular complexity index is 4680. The van der Waals surface area contributed by atoms with Gasteiger partial charge in [-0.3, -0.25) is 0 Å². The maximum Gasteiger partial charge on any atom is 0.184 e. The highest BCUT2D eigenvalue weighted by molar-refractivity contribution is 7.21. The van der Waals surface area contributed by atoms with E-state index in [0.29, 0.717) is 0 Å². The van der Waals surface area contributed by atoms with Crippen molar-refractivity contribution in [3.63, 3.8) is 0 Å². The smallest absolute Gasteiger partial charge is 0.184 e. The first-order chi connectivity index (χ1) is 37.7. The number of fused-ring (bicyclic) bond motifs is 12. The summed E-state index contributed by atoms with van der Waals surface area (Å²) >= 11 is 0. The van der Waals surface area contributed by atoms with Crippen LogP contribution in [0.2, 0.25) is 0 Å². The maximum atomic E-state index is 6.78. The molecule has 76 heavy (non-hydrogen) atoms. The van der Waals surface area contributed by atoms with Crippen molar-refractivity contribution in [2.24, 2.45) is 0 Å². The van der Waals surface area contributed by atoms with Crippen molar-refractivity contribution >= 4 is 140 Å². The number of para-hydroxylation sites is 5. The van der Waals surface area contributed by atoms with Gasteiger partial charge in [-0.25, -0.2) is 0 Å². The summed E-state index contributed by atoms with van der Waals surface area (Å²) in [6.45, 7) is 0. The summed E-state index contributed by atoms with van der Waals surface area (Å²) in [5, 5.41) is 14.0. The van der Waals surface area contributed by atoms with E-state index in [1.807, 2.05) is 24.3 Å². The topological polar surface area (TPSA) is 45.9 Å². The average molecular weight is 989 g/mol. The lowest BCUT2D eigenvalue weighted by atomic mass is 9.98. The Morgan fingerprint density at radius 1 is 0.303 bits per heavy atom. The van der Waals surface area contributed by atoms with Gasteiger partial charge in [0.15, 0.2) is 8.07 Å². The molecule has 0 spiro atoms. The highest BCUT2D eigenvalue weighted by Crippen LogP contribution is 2.45. The van der Waals surface area contributed by atoms with E-state index in [1.165, 1.54) is 37.1 Å². The van der Waals surface area contributed by atoms with Gasteiger partial charge in [0.2, 0.25) is 0 Å². The van der Waals surface area contributed by atoms with Gasteiger partial charge < -0.3 is 23.1 Å². The molecule has 3 aromatic heterocycles. The quantitative estimate of drug-likeness (QED) is 0.149. The van der Waals surface area contributed by atoms with Gasteiger partial charge in [-0.15, -0.1) is 0 Å². The van der Waals surface area contributed by atoms with Gasteiger partial charge >= 0.3 is 0 Å². The minimum Gasteiger partial charge on any atom is -0.456 e. The van der Waals surface area contributed by atoms with Crippen LogP contribution in [0.15, 0.2) is 280 Å². The molecule has 1 aliphatic heterocycles. The second-order valence-electron chi connectivity index (χ2n) is 19.9. The molecule has 0 saturated heterocycles. The molecule has 0 fully saturated rings. The summed E-state index contributed by atoms with van der Waals surface area (Å²) in [6.07, 6.45) is 0. The first kappa shape index (κ1) is 42.6. The standard InChI is InChI=1S/C70H44N2O3Si/c1-2-17-47(18-3-1)72-61-24-9-13-28-69(61)76(51-35-37-58-55-20-6-10-25-63(55)74-67(58)43-51,52-36-38-59-56-21-7-11-26-64(56)75-68(59)44-52)70-40-34-50(42-62(70)72)71(49-33-39-66-60(41-49)57-22-8-12-27-65(57)73-66)48-31-29-46(30-32-48)54-23-14-16-45-15-4-5-19-53(45)54/h1-44H. The van der Waals surface area contributed by atoms with E-state index >= 15 is 0 Å². The summed E-state index contributed by atoms with van der Waals surface area (Å²) < 4.78 is 20.0. The Kier molecular flexibility index (Phi) is 9.29. The Balaban J connectivity index is 0.979. The molecule has 0 amide bonds. The van der Waals surface area contributed by atoms with Gasteiger partial charge in [-0.05, 0) is 134 Å². The molecule has 0 radical (unpaired) electrons. The molecule has 0 unspecified atom stereocenters. The Hall–Kier alpha value is -9.88. The number of anilines is 6. The summed E-state index contributed by atoms with van der Waals surface area (Å²) in [6, 6.07) is 97.0. The van der Waals surface area contributed by atoms with E-state index in [4.69, 9.17) is 13.3 Å². The van der Waals surface area contributed by atoms with Gasteiger partial charge in [-0.2, -0.15) is 0 Å². The van der Waals surface area contributed by atoms with Gasteiger partial charge in [0, 0.05) is 66.4 Å². The highest BCUT2D eigenvalue weighted by atomic mass is 28.3. The lowest BCUT2D eigenvalue weighted by Gasteiger charge is -2.45. The maximum absolute atomic E-state index is 6.78. The van der Waals surface area contributed by atoms with Gasteiger partial charge in [0.05, 0.1) is 0 Å². The summed E-state index contributed by atoms with van der Waals surface area (Å²) in [5.74, 6) is 0. The van der Waals surface area contributed by atoms with Crippen LogP contribution in [-0.4, -0.2) is 8.07 Å². The molecular weight excluding hydrogens is 945 g/mol. The van der Waals surface area contributed by atoms with Crippen molar-refractivity contribution in [1.82, 2.24) is 0 Å². The molecule has 0 aliphatic carbocycles. The zero-order valence-electron chi connectivity index (χ0n) is 41.0. The van der Waals surface area contributed by atoms with Crippen molar-refractivity contribution < 1.29 is 13.3 Å². The normalized spacial score (nSPS) is 13.1. The van der Waals surface area contributed by atoms with Crippen LogP contribution in [-0.2, 0) is 0 Å². The second kappa shape index (κ2) is 16.6. The van der Waals surface area contributed by atoms with E-state index in [1.54, 1.807) is 0 Å². The van der Waals surface area contributed by atoms with Crippen LogP contribution in [0, 0.1) is 0 Å². The number of nitrogens with zero attached hydrogens (tertiary/aromatic N) is 2. The van der Waals surface area contributed by atoms with Crippen LogP contribution in [0.4, 0.5) is 34.1 Å². The lowest BCUT2D eigenvalue weighted by Crippen LogP contribution is -2.77. The van der Waals surface area contributed by atoms with Gasteiger partial charge in [0.1, 0.15) is 33.5 Å². The SMILES string of the molecule is c1ccc(N2c3ccccc3[Si](c3ccc4c(c3)oc3ccccc34)(c3ccc4c(c3)oc3ccccc34)c3ccc(N(c4ccc(-c5cccc6ccccc56)cc4)c4ccc5oc6ccccc6c5c4)cc32)cc1. The number of hydrogen-bond donors (Lipinski definition) is 0. The molecule has 6 heteroatoms. The van der Waals surface area contributed by atoms with Crippen LogP contribution in [0.25, 0.3) is 87.7 Å². The van der Waals surface area contributed by atoms with E-state index in [2.05, 4.69) is 252 Å². The zero-order valence-corrected chi connectivity index (χ0v) is 42.0. The molecule has 0 bridgehead atoms. The minimum atomic E-state index is -3.32. The average Bonchev–Trinajstić information content (AvgIpc) is 4.30. The first-order valence-corrected chi connectivity index (χ1v) is 27.9. The fourth-order valence-electron chi connectivity index (χ4n) is 12.6. The van der Waals surface area contributed by atoms with Crippen molar-refractivity contribution in [3.8, 4) is 11.1 Å². The molecule has 12 aromatic carbocycles. The number of furan rings is 3. The Morgan fingerprint density at radius 2 is 0.803 bits per heavy atom. The highest BCUT2D eigenvalue weighted by Gasteiger charge is 2.49. The third-order valence-corrected chi connectivity index (χ3v) is 20.7. The molecular formula is C70H44N2O3Si. The van der Waals surface area contributed by atoms with Crippen LogP contribution < -0.4 is 30.5 Å². The summed E-state index contributed by atoms with van der Waals surface area (Å²) in [7, 11) is -3.32. The third kappa shape index (κ3) is 6.31. The summed E-state index contributed by atoms with van der Waals surface area (Å²) in [4.78, 5) is 4.88. The fourth-order valence-corrected chi connectivity index (χ4v) is 17.6. The van der Waals surface area contributed by atoms with Crippen molar-refractivity contribution in [1.29, 1.82) is 0 Å².